The summed E-state index contributed by atoms with van der Waals surface area (Å²) in [5.41, 5.74) is 2.27. The van der Waals surface area contributed by atoms with Crippen molar-refractivity contribution in [1.29, 1.82) is 0 Å². The molecule has 1 N–H and O–H groups in total. The largest absolute Gasteiger partial charge is 0.507 e. The molecule has 0 atom stereocenters. The highest BCUT2D eigenvalue weighted by Crippen LogP contribution is 2.20. The molecule has 146 valence electrons. The van der Waals surface area contributed by atoms with Crippen molar-refractivity contribution < 1.29 is 9.90 Å². The molecule has 0 aliphatic rings. The maximum atomic E-state index is 12.5. The Morgan fingerprint density at radius 2 is 1.30 bits per heavy atom. The molecule has 2 nitrogen and oxygen atoms in total. The Labute approximate surface area is 164 Å². The third-order valence-electron chi connectivity index (χ3n) is 5.18. The first-order valence-electron chi connectivity index (χ1n) is 10.6. The topological polar surface area (TPSA) is 37.3 Å². The Morgan fingerprint density at radius 3 is 1.89 bits per heavy atom. The smallest absolute Gasteiger partial charge is 0.196 e. The van der Waals surface area contributed by atoms with E-state index >= 15 is 0 Å². The second-order valence-corrected chi connectivity index (χ2v) is 7.48. The lowest BCUT2D eigenvalue weighted by Crippen LogP contribution is -2.01. The van der Waals surface area contributed by atoms with E-state index < -0.39 is 0 Å². The van der Waals surface area contributed by atoms with Gasteiger partial charge in [-0.1, -0.05) is 101 Å². The van der Waals surface area contributed by atoms with Gasteiger partial charge in [-0.2, -0.15) is 0 Å². The Morgan fingerprint density at radius 1 is 0.741 bits per heavy atom. The van der Waals surface area contributed by atoms with Gasteiger partial charge in [-0.25, -0.2) is 0 Å². The van der Waals surface area contributed by atoms with Gasteiger partial charge in [-0.3, -0.25) is 4.79 Å². The van der Waals surface area contributed by atoms with E-state index in [1.54, 1.807) is 24.3 Å². The summed E-state index contributed by atoms with van der Waals surface area (Å²) in [7, 11) is 0. The first-order chi connectivity index (χ1) is 13.2. The zero-order valence-corrected chi connectivity index (χ0v) is 16.8. The molecular weight excluding hydrogens is 332 g/mol. The Hall–Kier alpha value is -2.09. The number of aromatic hydroxyl groups is 1. The van der Waals surface area contributed by atoms with E-state index in [0.717, 1.165) is 6.42 Å². The van der Waals surface area contributed by atoms with Crippen molar-refractivity contribution in [2.24, 2.45) is 0 Å². The van der Waals surface area contributed by atoms with Crippen LogP contribution in [0.4, 0.5) is 0 Å². The second-order valence-electron chi connectivity index (χ2n) is 7.48. The van der Waals surface area contributed by atoms with Gasteiger partial charge in [0.05, 0.1) is 5.56 Å². The highest BCUT2D eigenvalue weighted by Gasteiger charge is 2.12. The summed E-state index contributed by atoms with van der Waals surface area (Å²) >= 11 is 0. The van der Waals surface area contributed by atoms with E-state index in [1.807, 2.05) is 24.3 Å². The zero-order chi connectivity index (χ0) is 19.3. The molecule has 0 bridgehead atoms. The minimum atomic E-state index is -0.126. The second kappa shape index (κ2) is 12.3. The van der Waals surface area contributed by atoms with Crippen LogP contribution in [-0.2, 0) is 6.42 Å². The van der Waals surface area contributed by atoms with E-state index in [2.05, 4.69) is 6.92 Å². The van der Waals surface area contributed by atoms with Gasteiger partial charge >= 0.3 is 0 Å². The summed E-state index contributed by atoms with van der Waals surface area (Å²) < 4.78 is 0. The van der Waals surface area contributed by atoms with Gasteiger partial charge in [0.25, 0.3) is 0 Å². The van der Waals surface area contributed by atoms with Gasteiger partial charge in [0, 0.05) is 5.56 Å². The third kappa shape index (κ3) is 7.58. The molecule has 27 heavy (non-hydrogen) atoms. The van der Waals surface area contributed by atoms with Crippen molar-refractivity contribution in [1.82, 2.24) is 0 Å². The van der Waals surface area contributed by atoms with Crippen LogP contribution < -0.4 is 0 Å². The Bertz CT molecular complexity index is 673. The van der Waals surface area contributed by atoms with Crippen LogP contribution in [0, 0.1) is 0 Å². The van der Waals surface area contributed by atoms with Crippen LogP contribution in [0.25, 0.3) is 0 Å². The fraction of sp³-hybridized carbons (Fsp3) is 0.480. The molecule has 2 heteroatoms. The number of aryl methyl sites for hydroxylation is 1. The van der Waals surface area contributed by atoms with Crippen LogP contribution >= 0.6 is 0 Å². The maximum absolute atomic E-state index is 12.5. The molecular formula is C25H34O2. The van der Waals surface area contributed by atoms with Gasteiger partial charge in [0.1, 0.15) is 5.75 Å². The van der Waals surface area contributed by atoms with E-state index in [9.17, 15) is 9.90 Å². The summed E-state index contributed by atoms with van der Waals surface area (Å²) in [6.07, 6.45) is 14.5. The standard InChI is InChI=1S/C25H34O2/c1-2-3-4-5-6-7-8-9-10-11-14-21-17-19-22(20-18-21)25(27)23-15-12-13-16-24(23)26/h12-13,15-20,26H,2-11,14H2,1H3. The van der Waals surface area contributed by atoms with Gasteiger partial charge in [-0.05, 0) is 30.5 Å². The Kier molecular flexibility index (Phi) is 9.68. The van der Waals surface area contributed by atoms with E-state index in [0.29, 0.717) is 11.1 Å². The average Bonchev–Trinajstić information content (AvgIpc) is 2.70. The number of phenolic OH excluding ortho intramolecular Hbond substituents is 1. The molecule has 0 fully saturated rings. The average molecular weight is 367 g/mol. The predicted octanol–water partition coefficient (Wildman–Crippen LogP) is 7.09. The molecule has 2 aromatic carbocycles. The monoisotopic (exact) mass is 366 g/mol. The third-order valence-corrected chi connectivity index (χ3v) is 5.18. The molecule has 0 radical (unpaired) electrons. The molecule has 0 aliphatic carbocycles. The fourth-order valence-corrected chi connectivity index (χ4v) is 3.46. The lowest BCUT2D eigenvalue weighted by atomic mass is 9.99. The van der Waals surface area contributed by atoms with Crippen molar-refractivity contribution in [2.75, 3.05) is 0 Å². The minimum absolute atomic E-state index is 0.0388. The van der Waals surface area contributed by atoms with Gasteiger partial charge in [0.15, 0.2) is 5.78 Å². The summed E-state index contributed by atoms with van der Waals surface area (Å²) in [6.45, 7) is 2.26. The summed E-state index contributed by atoms with van der Waals surface area (Å²) in [4.78, 5) is 12.5. The molecule has 0 amide bonds. The van der Waals surface area contributed by atoms with E-state index in [-0.39, 0.29) is 11.5 Å². The number of carbonyl (C=O) groups is 1. The molecule has 0 heterocycles. The number of phenols is 1. The molecule has 2 rings (SSSR count). The van der Waals surface area contributed by atoms with Crippen LogP contribution in [0.5, 0.6) is 5.75 Å². The van der Waals surface area contributed by atoms with Crippen LogP contribution in [0.3, 0.4) is 0 Å². The number of benzene rings is 2. The van der Waals surface area contributed by atoms with Crippen LogP contribution in [-0.4, -0.2) is 10.9 Å². The summed E-state index contributed by atoms with van der Waals surface area (Å²) in [5, 5.41) is 9.83. The molecule has 0 unspecified atom stereocenters. The summed E-state index contributed by atoms with van der Waals surface area (Å²) in [5.74, 6) is -0.0875. The van der Waals surface area contributed by atoms with E-state index in [1.165, 1.54) is 69.8 Å². The normalized spacial score (nSPS) is 10.9. The number of hydrogen-bond acceptors (Lipinski definition) is 2. The number of carbonyl (C=O) groups excluding carboxylic acids is 1. The highest BCUT2D eigenvalue weighted by molar-refractivity contribution is 6.10. The van der Waals surface area contributed by atoms with Crippen LogP contribution in [0.1, 0.15) is 92.6 Å². The highest BCUT2D eigenvalue weighted by atomic mass is 16.3. The van der Waals surface area contributed by atoms with Crippen molar-refractivity contribution in [3.63, 3.8) is 0 Å². The lowest BCUT2D eigenvalue weighted by molar-refractivity contribution is 0.103. The number of para-hydroxylation sites is 1. The Balaban J connectivity index is 1.65. The molecule has 0 spiro atoms. The summed E-state index contributed by atoms with van der Waals surface area (Å²) in [6, 6.07) is 14.5. The first kappa shape index (κ1) is 21.2. The minimum Gasteiger partial charge on any atom is -0.507 e. The molecule has 0 saturated heterocycles. The number of unbranched alkanes of at least 4 members (excludes halogenated alkanes) is 9. The predicted molar refractivity (Wildman–Crippen MR) is 114 cm³/mol. The maximum Gasteiger partial charge on any atom is 0.196 e. The van der Waals surface area contributed by atoms with Crippen molar-refractivity contribution >= 4 is 5.78 Å². The number of ketones is 1. The molecule has 0 aliphatic heterocycles. The van der Waals surface area contributed by atoms with Crippen LogP contribution in [0.2, 0.25) is 0 Å². The molecule has 0 saturated carbocycles. The molecule has 0 aromatic heterocycles. The lowest BCUT2D eigenvalue weighted by Gasteiger charge is -2.06. The van der Waals surface area contributed by atoms with Crippen molar-refractivity contribution in [3.8, 4) is 5.75 Å². The van der Waals surface area contributed by atoms with Gasteiger partial charge in [-0.15, -0.1) is 0 Å². The fourth-order valence-electron chi connectivity index (χ4n) is 3.46. The van der Waals surface area contributed by atoms with Gasteiger partial charge < -0.3 is 5.11 Å². The first-order valence-corrected chi connectivity index (χ1v) is 10.6. The van der Waals surface area contributed by atoms with Gasteiger partial charge in [0.2, 0.25) is 0 Å². The zero-order valence-electron chi connectivity index (χ0n) is 16.8. The SMILES string of the molecule is CCCCCCCCCCCCc1ccc(C(=O)c2ccccc2O)cc1. The number of hydrogen-bond donors (Lipinski definition) is 1. The van der Waals surface area contributed by atoms with Crippen molar-refractivity contribution in [3.05, 3.63) is 65.2 Å². The van der Waals surface area contributed by atoms with Crippen molar-refractivity contribution in [2.45, 2.75) is 77.6 Å². The van der Waals surface area contributed by atoms with Crippen LogP contribution in [0.15, 0.2) is 48.5 Å². The quantitative estimate of drug-likeness (QED) is 0.303. The number of rotatable bonds is 13. The molecule has 2 aromatic rings. The van der Waals surface area contributed by atoms with E-state index in [4.69, 9.17) is 0 Å².